The van der Waals surface area contributed by atoms with Crippen molar-refractivity contribution >= 4 is 34.3 Å². The van der Waals surface area contributed by atoms with Crippen molar-refractivity contribution in [2.75, 3.05) is 13.1 Å². The summed E-state index contributed by atoms with van der Waals surface area (Å²) < 4.78 is 3.52. The fourth-order valence-electron chi connectivity index (χ4n) is 5.09. The molecule has 0 aliphatic carbocycles. The number of hydrogen-bond acceptors (Lipinski definition) is 5. The third-order valence-electron chi connectivity index (χ3n) is 6.56. The number of piperidine rings is 1. The second kappa shape index (κ2) is 8.91. The predicted octanol–water partition coefficient (Wildman–Crippen LogP) is 4.33. The zero-order chi connectivity index (χ0) is 24.0. The van der Waals surface area contributed by atoms with Gasteiger partial charge in [0.25, 0.3) is 5.56 Å². The number of rotatable bonds is 4. The second-order valence-electron chi connectivity index (χ2n) is 9.51. The molecule has 3 unspecified atom stereocenters. The van der Waals surface area contributed by atoms with E-state index in [9.17, 15) is 9.59 Å². The van der Waals surface area contributed by atoms with E-state index in [-0.39, 0.29) is 16.7 Å². The first-order chi connectivity index (χ1) is 16.3. The van der Waals surface area contributed by atoms with Crippen molar-refractivity contribution in [1.82, 2.24) is 24.1 Å². The maximum atomic E-state index is 13.5. The molecule has 3 atom stereocenters. The molecule has 2 aromatic heterocycles. The number of hydrogen-bond donors (Lipinski definition) is 0. The summed E-state index contributed by atoms with van der Waals surface area (Å²) in [5, 5.41) is 9.74. The fourth-order valence-corrected chi connectivity index (χ4v) is 6.03. The quantitative estimate of drug-likeness (QED) is 0.411. The monoisotopic (exact) mass is 475 g/mol. The van der Waals surface area contributed by atoms with Crippen LogP contribution in [0, 0.1) is 18.8 Å². The summed E-state index contributed by atoms with van der Waals surface area (Å²) in [4.78, 5) is 28.8. The van der Waals surface area contributed by atoms with Crippen LogP contribution < -0.4 is 5.56 Å². The minimum absolute atomic E-state index is 0.122. The number of amides is 1. The first-order valence-corrected chi connectivity index (χ1v) is 12.6. The van der Waals surface area contributed by atoms with Crippen molar-refractivity contribution in [2.24, 2.45) is 11.8 Å². The van der Waals surface area contributed by atoms with Crippen LogP contribution in [-0.4, -0.2) is 48.3 Å². The molecule has 1 aliphatic rings. The van der Waals surface area contributed by atoms with Gasteiger partial charge in [-0.15, -0.1) is 10.2 Å². The van der Waals surface area contributed by atoms with Crippen LogP contribution in [0.2, 0.25) is 0 Å². The fraction of sp³-hybridized carbons (Fsp3) is 0.385. The zero-order valence-electron chi connectivity index (χ0n) is 19.9. The largest absolute Gasteiger partial charge is 0.341 e. The second-order valence-corrected chi connectivity index (χ2v) is 10.8. The lowest BCUT2D eigenvalue weighted by atomic mass is 9.92. The molecule has 1 saturated heterocycles. The summed E-state index contributed by atoms with van der Waals surface area (Å²) in [5.41, 5.74) is 2.34. The maximum absolute atomic E-state index is 13.5. The van der Waals surface area contributed by atoms with Gasteiger partial charge in [0.15, 0.2) is 5.16 Å². The van der Waals surface area contributed by atoms with E-state index in [1.165, 1.54) is 11.8 Å². The molecular weight excluding hydrogens is 446 g/mol. The Labute approximate surface area is 202 Å². The average Bonchev–Trinajstić information content (AvgIpc) is 3.22. The van der Waals surface area contributed by atoms with E-state index in [4.69, 9.17) is 0 Å². The van der Waals surface area contributed by atoms with E-state index in [0.717, 1.165) is 36.3 Å². The Morgan fingerprint density at radius 3 is 2.44 bits per heavy atom. The SMILES string of the molecule is Cc1ccccc1-n1c(=O)c2ccccc2n2c(SC(C)C(=O)N3CC(C)CC(C)C3)nnc12. The lowest BCUT2D eigenvalue weighted by molar-refractivity contribution is -0.132. The van der Waals surface area contributed by atoms with Crippen molar-refractivity contribution < 1.29 is 4.79 Å². The topological polar surface area (TPSA) is 72.5 Å². The van der Waals surface area contributed by atoms with Gasteiger partial charge in [-0.05, 0) is 55.9 Å². The van der Waals surface area contributed by atoms with E-state index in [2.05, 4.69) is 24.0 Å². The highest BCUT2D eigenvalue weighted by Gasteiger charge is 2.30. The number of benzene rings is 2. The highest BCUT2D eigenvalue weighted by Crippen LogP contribution is 2.29. The molecule has 0 radical (unpaired) electrons. The van der Waals surface area contributed by atoms with E-state index in [0.29, 0.717) is 28.2 Å². The van der Waals surface area contributed by atoms with Gasteiger partial charge in [0, 0.05) is 13.1 Å². The van der Waals surface area contributed by atoms with Gasteiger partial charge in [0.2, 0.25) is 11.7 Å². The van der Waals surface area contributed by atoms with Crippen molar-refractivity contribution in [3.8, 4) is 5.69 Å². The Hall–Kier alpha value is -3.13. The number of fused-ring (bicyclic) bond motifs is 3. The van der Waals surface area contributed by atoms with E-state index >= 15 is 0 Å². The maximum Gasteiger partial charge on any atom is 0.267 e. The summed E-state index contributed by atoms with van der Waals surface area (Å²) >= 11 is 1.40. The number of likely N-dealkylation sites (tertiary alicyclic amines) is 1. The van der Waals surface area contributed by atoms with Gasteiger partial charge in [-0.25, -0.2) is 4.57 Å². The number of aryl methyl sites for hydroxylation is 1. The van der Waals surface area contributed by atoms with E-state index < -0.39 is 0 Å². The van der Waals surface area contributed by atoms with Crippen LogP contribution in [0.3, 0.4) is 0 Å². The predicted molar refractivity (Wildman–Crippen MR) is 136 cm³/mol. The highest BCUT2D eigenvalue weighted by atomic mass is 32.2. The van der Waals surface area contributed by atoms with Crippen LogP contribution in [0.25, 0.3) is 22.4 Å². The molecule has 0 N–H and O–H groups in total. The van der Waals surface area contributed by atoms with E-state index in [1.54, 1.807) is 4.57 Å². The molecule has 34 heavy (non-hydrogen) atoms. The molecule has 3 heterocycles. The summed E-state index contributed by atoms with van der Waals surface area (Å²) in [6.45, 7) is 9.90. The number of carbonyl (C=O) groups is 1. The Morgan fingerprint density at radius 2 is 1.71 bits per heavy atom. The van der Waals surface area contributed by atoms with Crippen molar-refractivity contribution in [3.63, 3.8) is 0 Å². The summed E-state index contributed by atoms with van der Waals surface area (Å²) in [5.74, 6) is 1.58. The van der Waals surface area contributed by atoms with Crippen LogP contribution in [0.4, 0.5) is 0 Å². The first-order valence-electron chi connectivity index (χ1n) is 11.8. The molecular formula is C26H29N5O2S. The lowest BCUT2D eigenvalue weighted by Gasteiger charge is -2.36. The standard InChI is InChI=1S/C26H29N5O2S/c1-16-13-17(2)15-29(14-16)23(32)19(4)34-26-28-27-25-30(21-11-7-5-9-18(21)3)24(33)20-10-6-8-12-22(20)31(25)26/h5-12,16-17,19H,13-15H2,1-4H3. The third kappa shape index (κ3) is 3.90. The van der Waals surface area contributed by atoms with Gasteiger partial charge >= 0.3 is 0 Å². The minimum Gasteiger partial charge on any atom is -0.341 e. The number of nitrogens with zero attached hydrogens (tertiary/aromatic N) is 5. The van der Waals surface area contributed by atoms with E-state index in [1.807, 2.05) is 71.7 Å². The Bertz CT molecular complexity index is 1430. The molecule has 8 heteroatoms. The van der Waals surface area contributed by atoms with Crippen molar-refractivity contribution in [1.29, 1.82) is 0 Å². The zero-order valence-corrected chi connectivity index (χ0v) is 20.7. The molecule has 0 bridgehead atoms. The Balaban J connectivity index is 1.60. The molecule has 5 rings (SSSR count). The molecule has 1 amide bonds. The Morgan fingerprint density at radius 1 is 1.03 bits per heavy atom. The van der Waals surface area contributed by atoms with Crippen molar-refractivity contribution in [2.45, 2.75) is 44.5 Å². The highest BCUT2D eigenvalue weighted by molar-refractivity contribution is 8.00. The average molecular weight is 476 g/mol. The van der Waals surface area contributed by atoms with Gasteiger partial charge in [-0.2, -0.15) is 0 Å². The molecule has 0 spiro atoms. The van der Waals surface area contributed by atoms with Crippen LogP contribution in [0.1, 0.15) is 32.8 Å². The number of carbonyl (C=O) groups excluding carboxylic acids is 1. The van der Waals surface area contributed by atoms with Gasteiger partial charge in [0.1, 0.15) is 0 Å². The summed E-state index contributed by atoms with van der Waals surface area (Å²) in [6.07, 6.45) is 1.16. The molecule has 0 saturated carbocycles. The van der Waals surface area contributed by atoms with Gasteiger partial charge in [0.05, 0.1) is 21.8 Å². The van der Waals surface area contributed by atoms with Gasteiger partial charge < -0.3 is 4.90 Å². The summed E-state index contributed by atoms with van der Waals surface area (Å²) in [7, 11) is 0. The lowest BCUT2D eigenvalue weighted by Crippen LogP contribution is -2.45. The normalized spacial score (nSPS) is 19.6. The Kier molecular flexibility index (Phi) is 5.93. The molecule has 176 valence electrons. The van der Waals surface area contributed by atoms with Crippen LogP contribution in [0.5, 0.6) is 0 Å². The molecule has 2 aromatic carbocycles. The molecule has 4 aromatic rings. The first kappa shape index (κ1) is 22.7. The number of para-hydroxylation sites is 2. The minimum atomic E-state index is -0.317. The smallest absolute Gasteiger partial charge is 0.267 e. The number of aromatic nitrogens is 4. The van der Waals surface area contributed by atoms with Crippen LogP contribution in [0.15, 0.2) is 58.5 Å². The summed E-state index contributed by atoms with van der Waals surface area (Å²) in [6, 6.07) is 15.2. The number of thioether (sulfide) groups is 1. The molecule has 7 nitrogen and oxygen atoms in total. The van der Waals surface area contributed by atoms with Gasteiger partial charge in [-0.3, -0.25) is 14.0 Å². The van der Waals surface area contributed by atoms with Crippen molar-refractivity contribution in [3.05, 3.63) is 64.4 Å². The molecule has 1 fully saturated rings. The third-order valence-corrected chi connectivity index (χ3v) is 7.59. The van der Waals surface area contributed by atoms with Crippen LogP contribution in [-0.2, 0) is 4.79 Å². The van der Waals surface area contributed by atoms with Gasteiger partial charge in [-0.1, -0.05) is 55.9 Å². The molecule has 1 aliphatic heterocycles. The van der Waals surface area contributed by atoms with Crippen LogP contribution >= 0.6 is 11.8 Å².